The third-order valence-electron chi connectivity index (χ3n) is 5.02. The molecule has 1 heterocycles. The zero-order valence-corrected chi connectivity index (χ0v) is 20.5. The van der Waals surface area contributed by atoms with Crippen molar-refractivity contribution in [1.82, 2.24) is 4.98 Å². The van der Waals surface area contributed by atoms with Gasteiger partial charge >= 0.3 is 0 Å². The first-order chi connectivity index (χ1) is 16.4. The van der Waals surface area contributed by atoms with Gasteiger partial charge in [-0.3, -0.25) is 4.79 Å². The summed E-state index contributed by atoms with van der Waals surface area (Å²) in [5, 5.41) is 14.1. The summed E-state index contributed by atoms with van der Waals surface area (Å²) in [6.45, 7) is 2.03. The van der Waals surface area contributed by atoms with E-state index in [4.69, 9.17) is 28.2 Å². The van der Waals surface area contributed by atoms with Crippen molar-refractivity contribution in [1.29, 1.82) is 5.26 Å². The Balaban J connectivity index is 1.67. The van der Waals surface area contributed by atoms with Crippen LogP contribution in [-0.4, -0.2) is 16.6 Å². The third-order valence-corrected chi connectivity index (χ3v) is 6.43. The fraction of sp³-hybridized carbons (Fsp3) is 0.0741. The van der Waals surface area contributed by atoms with E-state index in [-0.39, 0.29) is 11.7 Å². The Bertz CT molecular complexity index is 1360. The van der Waals surface area contributed by atoms with Crippen molar-refractivity contribution in [3.05, 3.63) is 100 Å². The third kappa shape index (κ3) is 5.78. The van der Waals surface area contributed by atoms with Crippen LogP contribution >= 0.6 is 35.0 Å². The van der Waals surface area contributed by atoms with E-state index in [9.17, 15) is 10.1 Å². The molecule has 0 radical (unpaired) electrons. The molecule has 0 saturated heterocycles. The Hall–Kier alpha value is -3.30. The average molecular weight is 504 g/mol. The zero-order valence-electron chi connectivity index (χ0n) is 18.2. The molecule has 3 aromatic carbocycles. The topological polar surface area (TPSA) is 65.8 Å². The predicted molar refractivity (Wildman–Crippen MR) is 140 cm³/mol. The largest absolute Gasteiger partial charge is 0.325 e. The molecule has 0 aliphatic carbocycles. The predicted octanol–water partition coefficient (Wildman–Crippen LogP) is 7.63. The second-order valence-corrected chi connectivity index (χ2v) is 9.41. The van der Waals surface area contributed by atoms with Crippen molar-refractivity contribution in [2.45, 2.75) is 11.9 Å². The van der Waals surface area contributed by atoms with Crippen LogP contribution in [0.3, 0.4) is 0 Å². The standard InChI is InChI=1S/C27H19Cl2N3OS/c1-17-7-9-19(10-8-17)25-14-23(18-5-3-2-4-6-18)24(15-30)27(32-25)34-16-26(33)31-22-12-20(28)11-21(29)13-22/h2-14H,16H2,1H3,(H,31,33). The molecule has 1 N–H and O–H groups in total. The van der Waals surface area contributed by atoms with Crippen molar-refractivity contribution in [2.75, 3.05) is 11.1 Å². The lowest BCUT2D eigenvalue weighted by Gasteiger charge is -2.13. The van der Waals surface area contributed by atoms with Gasteiger partial charge < -0.3 is 5.32 Å². The lowest BCUT2D eigenvalue weighted by molar-refractivity contribution is -0.113. The molecule has 4 nitrogen and oxygen atoms in total. The number of hydrogen-bond donors (Lipinski definition) is 1. The number of benzene rings is 3. The van der Waals surface area contributed by atoms with Gasteiger partial charge in [0.15, 0.2) is 0 Å². The number of carbonyl (C=O) groups excluding carboxylic acids is 1. The molecule has 4 aromatic rings. The first-order valence-corrected chi connectivity index (χ1v) is 12.1. The van der Waals surface area contributed by atoms with E-state index in [0.29, 0.717) is 26.3 Å². The van der Waals surface area contributed by atoms with Gasteiger partial charge in [0.2, 0.25) is 5.91 Å². The second-order valence-electron chi connectivity index (χ2n) is 7.57. The van der Waals surface area contributed by atoms with Crippen LogP contribution in [0.2, 0.25) is 10.0 Å². The van der Waals surface area contributed by atoms with Crippen LogP contribution in [0.15, 0.2) is 83.9 Å². The van der Waals surface area contributed by atoms with Gasteiger partial charge in [-0.15, -0.1) is 0 Å². The number of amides is 1. The van der Waals surface area contributed by atoms with Crippen molar-refractivity contribution in [2.24, 2.45) is 0 Å². The number of hydrogen-bond acceptors (Lipinski definition) is 4. The number of nitrogens with one attached hydrogen (secondary N) is 1. The first kappa shape index (κ1) is 23.8. The van der Waals surface area contributed by atoms with E-state index in [1.54, 1.807) is 18.2 Å². The number of thioether (sulfide) groups is 1. The number of anilines is 1. The maximum absolute atomic E-state index is 12.6. The Morgan fingerprint density at radius 1 is 0.971 bits per heavy atom. The highest BCUT2D eigenvalue weighted by molar-refractivity contribution is 8.00. The quantitative estimate of drug-likeness (QED) is 0.274. The molecule has 0 unspecified atom stereocenters. The molecule has 0 saturated carbocycles. The van der Waals surface area contributed by atoms with Crippen LogP contribution in [-0.2, 0) is 4.79 Å². The summed E-state index contributed by atoms with van der Waals surface area (Å²) in [6, 6.07) is 26.8. The van der Waals surface area contributed by atoms with Crippen LogP contribution in [0.1, 0.15) is 11.1 Å². The SMILES string of the molecule is Cc1ccc(-c2cc(-c3ccccc3)c(C#N)c(SCC(=O)Nc3cc(Cl)cc(Cl)c3)n2)cc1. The van der Waals surface area contributed by atoms with Crippen LogP contribution < -0.4 is 5.32 Å². The Morgan fingerprint density at radius 3 is 2.29 bits per heavy atom. The fourth-order valence-electron chi connectivity index (χ4n) is 3.41. The summed E-state index contributed by atoms with van der Waals surface area (Å²) < 4.78 is 0. The van der Waals surface area contributed by atoms with Gasteiger partial charge in [0.1, 0.15) is 11.1 Å². The fourth-order valence-corrected chi connectivity index (χ4v) is 4.74. The smallest absolute Gasteiger partial charge is 0.234 e. The molecule has 1 aromatic heterocycles. The molecule has 0 fully saturated rings. The lowest BCUT2D eigenvalue weighted by atomic mass is 9.99. The molecule has 34 heavy (non-hydrogen) atoms. The van der Waals surface area contributed by atoms with Gasteiger partial charge in [-0.1, -0.05) is 95.1 Å². The number of halogens is 2. The highest BCUT2D eigenvalue weighted by Crippen LogP contribution is 2.34. The molecule has 0 spiro atoms. The van der Waals surface area contributed by atoms with Crippen molar-refractivity contribution >= 4 is 46.6 Å². The minimum atomic E-state index is -0.254. The minimum Gasteiger partial charge on any atom is -0.325 e. The summed E-state index contributed by atoms with van der Waals surface area (Å²) in [4.78, 5) is 17.4. The first-order valence-electron chi connectivity index (χ1n) is 10.4. The second kappa shape index (κ2) is 10.8. The average Bonchev–Trinajstić information content (AvgIpc) is 2.82. The van der Waals surface area contributed by atoms with Gasteiger partial charge in [-0.2, -0.15) is 5.26 Å². The van der Waals surface area contributed by atoms with E-state index in [2.05, 4.69) is 11.4 Å². The minimum absolute atomic E-state index is 0.0669. The Labute approximate surface area is 212 Å². The highest BCUT2D eigenvalue weighted by Gasteiger charge is 2.17. The van der Waals surface area contributed by atoms with E-state index in [0.717, 1.165) is 27.9 Å². The van der Waals surface area contributed by atoms with Crippen molar-refractivity contribution < 1.29 is 4.79 Å². The summed E-state index contributed by atoms with van der Waals surface area (Å²) in [5.41, 5.74) is 5.45. The highest BCUT2D eigenvalue weighted by atomic mass is 35.5. The number of aryl methyl sites for hydroxylation is 1. The molecule has 0 bridgehead atoms. The number of aromatic nitrogens is 1. The number of carbonyl (C=O) groups is 1. The van der Waals surface area contributed by atoms with E-state index in [1.165, 1.54) is 11.8 Å². The van der Waals surface area contributed by atoms with Gasteiger partial charge in [-0.25, -0.2) is 4.98 Å². The normalized spacial score (nSPS) is 10.5. The van der Waals surface area contributed by atoms with Crippen LogP contribution in [0, 0.1) is 18.3 Å². The molecule has 1 amide bonds. The van der Waals surface area contributed by atoms with E-state index < -0.39 is 0 Å². The molecular weight excluding hydrogens is 485 g/mol. The lowest BCUT2D eigenvalue weighted by Crippen LogP contribution is -2.14. The molecule has 168 valence electrons. The maximum atomic E-state index is 12.6. The molecule has 7 heteroatoms. The van der Waals surface area contributed by atoms with Crippen LogP contribution in [0.5, 0.6) is 0 Å². The Kier molecular flexibility index (Phi) is 7.54. The van der Waals surface area contributed by atoms with Crippen LogP contribution in [0.25, 0.3) is 22.4 Å². The van der Waals surface area contributed by atoms with Crippen molar-refractivity contribution in [3.63, 3.8) is 0 Å². The molecule has 0 atom stereocenters. The number of pyridine rings is 1. The summed E-state index contributed by atoms with van der Waals surface area (Å²) in [5.74, 6) is -0.187. The summed E-state index contributed by atoms with van der Waals surface area (Å²) in [6.07, 6.45) is 0. The zero-order chi connectivity index (χ0) is 24.1. The van der Waals surface area contributed by atoms with E-state index >= 15 is 0 Å². The summed E-state index contributed by atoms with van der Waals surface area (Å²) in [7, 11) is 0. The molecule has 4 rings (SSSR count). The van der Waals surface area contributed by atoms with Gasteiger partial charge in [0, 0.05) is 26.9 Å². The summed E-state index contributed by atoms with van der Waals surface area (Å²) >= 11 is 13.3. The number of nitriles is 1. The Morgan fingerprint density at radius 2 is 1.65 bits per heavy atom. The molecular formula is C27H19Cl2N3OS. The van der Waals surface area contributed by atoms with Gasteiger partial charge in [-0.05, 0) is 36.8 Å². The van der Waals surface area contributed by atoms with Crippen LogP contribution in [0.4, 0.5) is 5.69 Å². The number of rotatable bonds is 6. The molecule has 0 aliphatic heterocycles. The number of nitrogens with zero attached hydrogens (tertiary/aromatic N) is 2. The van der Waals surface area contributed by atoms with Gasteiger partial charge in [0.05, 0.1) is 17.0 Å². The monoisotopic (exact) mass is 503 g/mol. The van der Waals surface area contributed by atoms with E-state index in [1.807, 2.05) is 67.6 Å². The molecule has 0 aliphatic rings. The van der Waals surface area contributed by atoms with Crippen molar-refractivity contribution in [3.8, 4) is 28.5 Å². The maximum Gasteiger partial charge on any atom is 0.234 e. The van der Waals surface area contributed by atoms with Gasteiger partial charge in [0.25, 0.3) is 0 Å².